The first-order valence-corrected chi connectivity index (χ1v) is 6.67. The second-order valence-corrected chi connectivity index (χ2v) is 3.00. The molecule has 0 spiro atoms. The Kier molecular flexibility index (Phi) is 14.0. The zero-order valence-electron chi connectivity index (χ0n) is 12.7. The second kappa shape index (κ2) is 13.4. The maximum absolute atomic E-state index is 4.31. The van der Waals surface area contributed by atoms with Crippen LogP contribution in [-0.4, -0.2) is 6.21 Å². The van der Waals surface area contributed by atoms with Crippen LogP contribution in [0.1, 0.15) is 45.7 Å². The average Bonchev–Trinajstić information content (AvgIpc) is 2.46. The first-order valence-electron chi connectivity index (χ1n) is 6.67. The van der Waals surface area contributed by atoms with Crippen molar-refractivity contribution < 1.29 is 0 Å². The summed E-state index contributed by atoms with van der Waals surface area (Å²) in [6.45, 7) is 15.7. The van der Waals surface area contributed by atoms with E-state index < -0.39 is 0 Å². The molecule has 0 unspecified atom stereocenters. The first kappa shape index (κ1) is 18.7. The Morgan fingerprint density at radius 2 is 1.67 bits per heavy atom. The van der Waals surface area contributed by atoms with Gasteiger partial charge in [-0.05, 0) is 19.4 Å². The van der Waals surface area contributed by atoms with Crippen molar-refractivity contribution in [1.29, 1.82) is 0 Å². The van der Waals surface area contributed by atoms with Crippen LogP contribution in [0.4, 0.5) is 0 Å². The summed E-state index contributed by atoms with van der Waals surface area (Å²) in [5, 5.41) is 0. The fourth-order valence-corrected chi connectivity index (χ4v) is 1.29. The van der Waals surface area contributed by atoms with Gasteiger partial charge in [0.2, 0.25) is 0 Å². The molecule has 1 heteroatoms. The van der Waals surface area contributed by atoms with Gasteiger partial charge in [-0.3, -0.25) is 4.99 Å². The van der Waals surface area contributed by atoms with E-state index in [1.165, 1.54) is 11.1 Å². The molecule has 0 aliphatic carbocycles. The van der Waals surface area contributed by atoms with Gasteiger partial charge in [-0.2, -0.15) is 0 Å². The lowest BCUT2D eigenvalue weighted by molar-refractivity contribution is 1.38. The van der Waals surface area contributed by atoms with Crippen molar-refractivity contribution >= 4 is 11.9 Å². The minimum absolute atomic E-state index is 0.989. The van der Waals surface area contributed by atoms with Gasteiger partial charge in [0.15, 0.2) is 0 Å². The molecule has 1 nitrogen and oxygen atoms in total. The summed E-state index contributed by atoms with van der Waals surface area (Å²) in [5.41, 5.74) is 3.40. The number of nitrogens with zero attached hydrogens (tertiary/aromatic N) is 1. The summed E-state index contributed by atoms with van der Waals surface area (Å²) < 4.78 is 0. The summed E-state index contributed by atoms with van der Waals surface area (Å²) in [6, 6.07) is 8.21. The molecular formula is C17H27N. The minimum Gasteiger partial charge on any atom is -0.257 e. The van der Waals surface area contributed by atoms with E-state index >= 15 is 0 Å². The molecule has 0 fully saturated rings. The van der Waals surface area contributed by atoms with E-state index in [9.17, 15) is 0 Å². The lowest BCUT2D eigenvalue weighted by atomic mass is 10.1. The predicted molar refractivity (Wildman–Crippen MR) is 86.2 cm³/mol. The summed E-state index contributed by atoms with van der Waals surface area (Å²) in [5.74, 6) is 0. The van der Waals surface area contributed by atoms with E-state index in [4.69, 9.17) is 0 Å². The van der Waals surface area contributed by atoms with Gasteiger partial charge >= 0.3 is 0 Å². The Morgan fingerprint density at radius 1 is 1.11 bits per heavy atom. The van der Waals surface area contributed by atoms with Crippen molar-refractivity contribution in [3.63, 3.8) is 0 Å². The maximum Gasteiger partial charge on any atom is 0.0661 e. The van der Waals surface area contributed by atoms with E-state index in [-0.39, 0.29) is 0 Å². The van der Waals surface area contributed by atoms with E-state index in [1.54, 1.807) is 12.3 Å². The molecule has 1 aromatic carbocycles. The average molecular weight is 245 g/mol. The lowest BCUT2D eigenvalue weighted by Gasteiger charge is -2.04. The van der Waals surface area contributed by atoms with Gasteiger partial charge in [0.05, 0.1) is 5.70 Å². The molecular weight excluding hydrogens is 218 g/mol. The number of allylic oxidation sites excluding steroid dienone is 2. The third-order valence-electron chi connectivity index (χ3n) is 2.01. The van der Waals surface area contributed by atoms with E-state index in [2.05, 4.69) is 30.6 Å². The van der Waals surface area contributed by atoms with Crippen LogP contribution >= 0.6 is 0 Å². The molecule has 0 N–H and O–H groups in total. The van der Waals surface area contributed by atoms with Crippen LogP contribution in [0.3, 0.4) is 0 Å². The molecule has 0 saturated carbocycles. The molecule has 18 heavy (non-hydrogen) atoms. The molecule has 0 radical (unpaired) electrons. The Morgan fingerprint density at radius 3 is 2.11 bits per heavy atom. The second-order valence-electron chi connectivity index (χ2n) is 3.00. The maximum atomic E-state index is 4.31. The van der Waals surface area contributed by atoms with Crippen LogP contribution in [0.5, 0.6) is 0 Å². The van der Waals surface area contributed by atoms with Gasteiger partial charge in [-0.15, -0.1) is 0 Å². The fraction of sp³-hybridized carbons (Fsp3) is 0.353. The van der Waals surface area contributed by atoms with Crippen molar-refractivity contribution in [2.45, 2.75) is 41.5 Å². The Labute approximate surface area is 113 Å². The van der Waals surface area contributed by atoms with Gasteiger partial charge in [0, 0.05) is 11.8 Å². The standard InChI is InChI=1S/C13H15N.2C2H6/c1-4-10-14-13(5-2)12-9-7-6-8-11(12)3;2*1-2/h4-10H,1H2,2-3H3;2*1-2H3/b13-5-,14-10?;;. The zero-order valence-corrected chi connectivity index (χ0v) is 12.7. The van der Waals surface area contributed by atoms with Crippen molar-refractivity contribution in [1.82, 2.24) is 0 Å². The van der Waals surface area contributed by atoms with Gasteiger partial charge in [-0.1, -0.05) is 70.7 Å². The van der Waals surface area contributed by atoms with Crippen LogP contribution in [-0.2, 0) is 0 Å². The summed E-state index contributed by atoms with van der Waals surface area (Å²) in [4.78, 5) is 4.31. The molecule has 0 heterocycles. The van der Waals surface area contributed by atoms with Crippen LogP contribution in [0.2, 0.25) is 0 Å². The van der Waals surface area contributed by atoms with Gasteiger partial charge in [0.1, 0.15) is 0 Å². The third kappa shape index (κ3) is 6.85. The highest BCUT2D eigenvalue weighted by Crippen LogP contribution is 2.19. The number of hydrogen-bond acceptors (Lipinski definition) is 1. The molecule has 0 amide bonds. The molecule has 0 atom stereocenters. The van der Waals surface area contributed by atoms with E-state index in [0.717, 1.165) is 5.70 Å². The summed E-state index contributed by atoms with van der Waals surface area (Å²) in [7, 11) is 0. The fourth-order valence-electron chi connectivity index (χ4n) is 1.29. The highest BCUT2D eigenvalue weighted by molar-refractivity contribution is 5.80. The molecule has 0 bridgehead atoms. The smallest absolute Gasteiger partial charge is 0.0661 e. The molecule has 0 aromatic heterocycles. The lowest BCUT2D eigenvalue weighted by Crippen LogP contribution is -1.85. The Bertz CT molecular complexity index is 373. The van der Waals surface area contributed by atoms with Crippen LogP contribution in [0, 0.1) is 6.92 Å². The van der Waals surface area contributed by atoms with Crippen molar-refractivity contribution in [2.24, 2.45) is 4.99 Å². The molecule has 1 rings (SSSR count). The number of aliphatic imine (C=N–C) groups is 1. The molecule has 0 aliphatic rings. The van der Waals surface area contributed by atoms with Crippen molar-refractivity contribution in [2.75, 3.05) is 0 Å². The Balaban J connectivity index is 0. The minimum atomic E-state index is 0.989. The normalized spacial score (nSPS) is 10.0. The highest BCUT2D eigenvalue weighted by Gasteiger charge is 1.99. The van der Waals surface area contributed by atoms with Gasteiger partial charge in [0.25, 0.3) is 0 Å². The largest absolute Gasteiger partial charge is 0.257 e. The summed E-state index contributed by atoms with van der Waals surface area (Å²) >= 11 is 0. The monoisotopic (exact) mass is 245 g/mol. The van der Waals surface area contributed by atoms with Crippen LogP contribution in [0.25, 0.3) is 5.70 Å². The predicted octanol–water partition coefficient (Wildman–Crippen LogP) is 5.67. The van der Waals surface area contributed by atoms with Crippen LogP contribution in [0.15, 0.2) is 48.0 Å². The first-order chi connectivity index (χ1) is 8.79. The molecule has 0 aliphatic heterocycles. The van der Waals surface area contributed by atoms with Crippen molar-refractivity contribution in [3.05, 3.63) is 54.1 Å². The van der Waals surface area contributed by atoms with Crippen molar-refractivity contribution in [3.8, 4) is 0 Å². The molecule has 1 aromatic rings. The number of benzene rings is 1. The zero-order chi connectivity index (χ0) is 14.4. The van der Waals surface area contributed by atoms with E-state index in [1.807, 2.05) is 52.8 Å². The molecule has 0 saturated heterocycles. The molecule has 100 valence electrons. The highest BCUT2D eigenvalue weighted by atomic mass is 14.7. The Hall–Kier alpha value is -1.63. The number of hydrogen-bond donors (Lipinski definition) is 0. The van der Waals surface area contributed by atoms with E-state index in [0.29, 0.717) is 0 Å². The summed E-state index contributed by atoms with van der Waals surface area (Å²) in [6.07, 6.45) is 5.39. The van der Waals surface area contributed by atoms with Gasteiger partial charge < -0.3 is 0 Å². The third-order valence-corrected chi connectivity index (χ3v) is 2.01. The SMILES string of the molecule is C=CC=N/C(=C\C)c1ccccc1C.CC.CC. The van der Waals surface area contributed by atoms with Crippen LogP contribution < -0.4 is 0 Å². The number of rotatable bonds is 3. The van der Waals surface area contributed by atoms with Gasteiger partial charge in [-0.25, -0.2) is 0 Å². The quantitative estimate of drug-likeness (QED) is 0.609. The topological polar surface area (TPSA) is 12.4 Å². The number of aryl methyl sites for hydroxylation is 1.